The Bertz CT molecular complexity index is 655. The third-order valence-corrected chi connectivity index (χ3v) is 6.40. The molecule has 0 amide bonds. The molecular weight excluding hydrogens is 396 g/mol. The molecule has 0 aromatic carbocycles. The fraction of sp³-hybridized carbons (Fsp3) is 0.810. The van der Waals surface area contributed by atoms with Crippen molar-refractivity contribution in [3.8, 4) is 0 Å². The van der Waals surface area contributed by atoms with Gasteiger partial charge in [0.2, 0.25) is 5.60 Å². The minimum Gasteiger partial charge on any atom is -0.506 e. The molecule has 6 N–H and O–H groups in total. The van der Waals surface area contributed by atoms with Gasteiger partial charge in [0.1, 0.15) is 17.6 Å². The maximum absolute atomic E-state index is 12.8. The van der Waals surface area contributed by atoms with Crippen LogP contribution >= 0.6 is 0 Å². The SMILES string of the molecule is CCCCCCCC(=O)C1(O)C(O)=C(O)C(O)C(CC2CCCCO2)(C(=O)O)C1O. The monoisotopic (exact) mass is 430 g/mol. The molecule has 5 unspecified atom stereocenters. The minimum atomic E-state index is -3.03. The lowest BCUT2D eigenvalue weighted by atomic mass is 9.61. The first-order valence-corrected chi connectivity index (χ1v) is 10.7. The zero-order valence-electron chi connectivity index (χ0n) is 17.4. The van der Waals surface area contributed by atoms with Crippen molar-refractivity contribution < 1.29 is 45.0 Å². The molecule has 9 heteroatoms. The van der Waals surface area contributed by atoms with Crippen LogP contribution in [0.1, 0.15) is 71.1 Å². The number of ether oxygens (including phenoxy) is 1. The minimum absolute atomic E-state index is 0.222. The summed E-state index contributed by atoms with van der Waals surface area (Å²) in [7, 11) is 0. The van der Waals surface area contributed by atoms with Gasteiger partial charge in [0.05, 0.1) is 6.10 Å². The van der Waals surface area contributed by atoms with Crippen LogP contribution in [0, 0.1) is 5.41 Å². The number of Topliss-reactive ketones (excluding diaryl/α,β-unsaturated/α-hetero) is 1. The molecule has 0 saturated carbocycles. The molecule has 30 heavy (non-hydrogen) atoms. The van der Waals surface area contributed by atoms with Crippen molar-refractivity contribution in [3.05, 3.63) is 11.5 Å². The first-order valence-electron chi connectivity index (χ1n) is 10.7. The van der Waals surface area contributed by atoms with Crippen molar-refractivity contribution in [1.82, 2.24) is 0 Å². The summed E-state index contributed by atoms with van der Waals surface area (Å²) in [4.78, 5) is 25.1. The first-order chi connectivity index (χ1) is 14.1. The van der Waals surface area contributed by atoms with E-state index < -0.39 is 59.0 Å². The van der Waals surface area contributed by atoms with E-state index in [-0.39, 0.29) is 6.42 Å². The van der Waals surface area contributed by atoms with E-state index >= 15 is 0 Å². The van der Waals surface area contributed by atoms with E-state index in [0.717, 1.165) is 32.1 Å². The maximum Gasteiger partial charge on any atom is 0.315 e. The number of carboxylic acid groups (broad SMARTS) is 1. The van der Waals surface area contributed by atoms with Gasteiger partial charge in [-0.25, -0.2) is 0 Å². The van der Waals surface area contributed by atoms with Gasteiger partial charge in [-0.1, -0.05) is 32.6 Å². The summed E-state index contributed by atoms with van der Waals surface area (Å²) in [6.45, 7) is 2.41. The molecule has 0 spiro atoms. The summed E-state index contributed by atoms with van der Waals surface area (Å²) < 4.78 is 5.53. The van der Waals surface area contributed by atoms with Gasteiger partial charge in [0.25, 0.3) is 0 Å². The van der Waals surface area contributed by atoms with Gasteiger partial charge in [-0.2, -0.15) is 0 Å². The number of aliphatic hydroxyl groups is 5. The van der Waals surface area contributed by atoms with Gasteiger partial charge in [0.15, 0.2) is 17.3 Å². The van der Waals surface area contributed by atoms with Crippen LogP contribution in [0.3, 0.4) is 0 Å². The third kappa shape index (κ3) is 4.34. The van der Waals surface area contributed by atoms with Crippen LogP contribution in [-0.4, -0.2) is 72.9 Å². The van der Waals surface area contributed by atoms with E-state index in [2.05, 4.69) is 0 Å². The largest absolute Gasteiger partial charge is 0.506 e. The van der Waals surface area contributed by atoms with E-state index in [1.165, 1.54) is 0 Å². The number of carbonyl (C=O) groups is 2. The zero-order valence-corrected chi connectivity index (χ0v) is 17.4. The standard InChI is InChI=1S/C21H34O9/c1-2-3-4-5-6-10-14(22)21(29)17(25)15(23)16(24)20(18(21)26,19(27)28)12-13-9-7-8-11-30-13/h13,16,18,23-26,29H,2-12H2,1H3,(H,27,28). The number of rotatable bonds is 10. The lowest BCUT2D eigenvalue weighted by Gasteiger charge is -2.48. The second-order valence-electron chi connectivity index (χ2n) is 8.43. The molecule has 172 valence electrons. The molecule has 0 radical (unpaired) electrons. The molecule has 1 aliphatic heterocycles. The molecule has 1 fully saturated rings. The number of aliphatic hydroxyl groups excluding tert-OH is 4. The zero-order chi connectivity index (χ0) is 22.5. The highest BCUT2D eigenvalue weighted by atomic mass is 16.5. The van der Waals surface area contributed by atoms with Gasteiger partial charge in [-0.15, -0.1) is 0 Å². The van der Waals surface area contributed by atoms with E-state index in [0.29, 0.717) is 25.9 Å². The topological polar surface area (TPSA) is 165 Å². The summed E-state index contributed by atoms with van der Waals surface area (Å²) in [6, 6.07) is 0. The van der Waals surface area contributed by atoms with Gasteiger partial charge < -0.3 is 35.4 Å². The molecule has 1 saturated heterocycles. The number of carbonyl (C=O) groups excluding carboxylic acids is 1. The predicted octanol–water partition coefficient (Wildman–Crippen LogP) is 1.74. The van der Waals surface area contributed by atoms with Crippen molar-refractivity contribution in [3.63, 3.8) is 0 Å². The van der Waals surface area contributed by atoms with E-state index in [4.69, 9.17) is 4.74 Å². The lowest BCUT2D eigenvalue weighted by Crippen LogP contribution is -2.69. The van der Waals surface area contributed by atoms with Gasteiger partial charge in [-0.05, 0) is 32.1 Å². The predicted molar refractivity (Wildman–Crippen MR) is 106 cm³/mol. The third-order valence-electron chi connectivity index (χ3n) is 6.40. The second kappa shape index (κ2) is 10.1. The molecule has 5 atom stereocenters. The maximum atomic E-state index is 12.8. The van der Waals surface area contributed by atoms with Crippen molar-refractivity contribution >= 4 is 11.8 Å². The van der Waals surface area contributed by atoms with Crippen molar-refractivity contribution in [2.45, 2.75) is 95.0 Å². The smallest absolute Gasteiger partial charge is 0.315 e. The first kappa shape index (κ1) is 24.6. The number of hydrogen-bond acceptors (Lipinski definition) is 8. The van der Waals surface area contributed by atoms with Crippen LogP contribution in [0.15, 0.2) is 11.5 Å². The van der Waals surface area contributed by atoms with E-state index in [1.54, 1.807) is 0 Å². The average Bonchev–Trinajstić information content (AvgIpc) is 2.74. The van der Waals surface area contributed by atoms with Crippen LogP contribution in [-0.2, 0) is 14.3 Å². The Morgan fingerprint density at radius 1 is 1.10 bits per heavy atom. The van der Waals surface area contributed by atoms with Crippen LogP contribution in [0.25, 0.3) is 0 Å². The summed E-state index contributed by atoms with van der Waals surface area (Å²) in [5.41, 5.74) is -5.55. The molecule has 2 aliphatic rings. The Hall–Kier alpha value is -1.68. The number of aliphatic carboxylic acids is 1. The van der Waals surface area contributed by atoms with Crippen LogP contribution in [0.2, 0.25) is 0 Å². The summed E-state index contributed by atoms with van der Waals surface area (Å²) in [6.07, 6.45) is 0.00260. The molecule has 0 aromatic heterocycles. The Morgan fingerprint density at radius 2 is 1.77 bits per heavy atom. The summed E-state index contributed by atoms with van der Waals surface area (Å²) in [5.74, 6) is -5.23. The summed E-state index contributed by atoms with van der Waals surface area (Å²) in [5, 5.41) is 62.9. The van der Waals surface area contributed by atoms with Gasteiger partial charge in [-0.3, -0.25) is 9.59 Å². The van der Waals surface area contributed by atoms with Gasteiger partial charge in [0, 0.05) is 13.0 Å². The van der Waals surface area contributed by atoms with Crippen molar-refractivity contribution in [1.29, 1.82) is 0 Å². The number of unbranched alkanes of at least 4 members (excludes halogenated alkanes) is 4. The Morgan fingerprint density at radius 3 is 2.33 bits per heavy atom. The molecule has 9 nitrogen and oxygen atoms in total. The normalized spacial score (nSPS) is 34.7. The molecular formula is C21H34O9. The molecule has 0 aromatic rings. The van der Waals surface area contributed by atoms with E-state index in [1.807, 2.05) is 6.92 Å². The highest BCUT2D eigenvalue weighted by Crippen LogP contribution is 2.48. The Balaban J connectivity index is 2.36. The van der Waals surface area contributed by atoms with Gasteiger partial charge >= 0.3 is 5.97 Å². The fourth-order valence-electron chi connectivity index (χ4n) is 4.47. The average molecular weight is 430 g/mol. The highest BCUT2D eigenvalue weighted by molar-refractivity contribution is 5.93. The van der Waals surface area contributed by atoms with E-state index in [9.17, 15) is 40.2 Å². The van der Waals surface area contributed by atoms with Crippen LogP contribution in [0.4, 0.5) is 0 Å². The molecule has 1 aliphatic carbocycles. The summed E-state index contributed by atoms with van der Waals surface area (Å²) >= 11 is 0. The second-order valence-corrected chi connectivity index (χ2v) is 8.43. The molecule has 1 heterocycles. The quantitative estimate of drug-likeness (QED) is 0.283. The molecule has 2 rings (SSSR count). The van der Waals surface area contributed by atoms with Crippen molar-refractivity contribution in [2.75, 3.05) is 6.61 Å². The van der Waals surface area contributed by atoms with Crippen molar-refractivity contribution in [2.24, 2.45) is 5.41 Å². The Kier molecular flexibility index (Phi) is 8.27. The van der Waals surface area contributed by atoms with Crippen LogP contribution in [0.5, 0.6) is 0 Å². The fourth-order valence-corrected chi connectivity index (χ4v) is 4.47. The van der Waals surface area contributed by atoms with Crippen LogP contribution < -0.4 is 0 Å². The number of carboxylic acids is 1. The molecule has 0 bridgehead atoms. The Labute approximate surface area is 176 Å². The highest BCUT2D eigenvalue weighted by Gasteiger charge is 2.68. The lowest BCUT2D eigenvalue weighted by molar-refractivity contribution is -0.212. The number of hydrogen-bond donors (Lipinski definition) is 6. The number of ketones is 1.